The summed E-state index contributed by atoms with van der Waals surface area (Å²) in [6.45, 7) is 9.41. The summed E-state index contributed by atoms with van der Waals surface area (Å²) in [5, 5.41) is 0. The van der Waals surface area contributed by atoms with Crippen molar-refractivity contribution in [3.8, 4) is 0 Å². The summed E-state index contributed by atoms with van der Waals surface area (Å²) < 4.78 is 5.28. The van der Waals surface area contributed by atoms with E-state index in [-0.39, 0.29) is 0 Å². The van der Waals surface area contributed by atoms with Crippen LogP contribution in [0.3, 0.4) is 0 Å². The van der Waals surface area contributed by atoms with E-state index < -0.39 is 0 Å². The Hall–Kier alpha value is -0.790. The van der Waals surface area contributed by atoms with Crippen LogP contribution in [-0.4, -0.2) is 4.57 Å². The summed E-state index contributed by atoms with van der Waals surface area (Å²) in [5.74, 6) is 1.63. The molecule has 0 aliphatic rings. The van der Waals surface area contributed by atoms with Crippen LogP contribution in [0.4, 0.5) is 0 Å². The van der Waals surface area contributed by atoms with Gasteiger partial charge in [-0.3, -0.25) is 0 Å². The smallest absolute Gasteiger partial charge is 0.234 e. The molecule has 2 nitrogen and oxygen atoms in total. The summed E-state index contributed by atoms with van der Waals surface area (Å²) in [5.41, 5.74) is 0. The fraction of sp³-hybridized carbons (Fsp3) is 0.930. The first-order chi connectivity index (χ1) is 22.3. The van der Waals surface area contributed by atoms with E-state index in [9.17, 15) is 0 Å². The van der Waals surface area contributed by atoms with E-state index in [1.54, 1.807) is 5.82 Å². The molecule has 0 saturated heterocycles. The maximum Gasteiger partial charge on any atom is 0.256 e. The van der Waals surface area contributed by atoms with Gasteiger partial charge >= 0.3 is 0 Å². The molecule has 0 N–H and O–H groups in total. The molecule has 0 amide bonds. The Bertz CT molecular complexity index is 692. The lowest BCUT2D eigenvalue weighted by Gasteiger charge is -2.07. The lowest BCUT2D eigenvalue weighted by molar-refractivity contribution is -0.704. The zero-order valence-corrected chi connectivity index (χ0v) is 31.7. The molecular formula is C43H85N2+. The van der Waals surface area contributed by atoms with Crippen molar-refractivity contribution in [1.82, 2.24) is 4.57 Å². The average molecular weight is 630 g/mol. The van der Waals surface area contributed by atoms with Gasteiger partial charge in [-0.15, -0.1) is 0 Å². The number of aryl methyl sites for hydroxylation is 2. The van der Waals surface area contributed by atoms with E-state index in [0.717, 1.165) is 0 Å². The molecule has 0 aromatic carbocycles. The van der Waals surface area contributed by atoms with Crippen LogP contribution in [0.5, 0.6) is 0 Å². The molecule has 266 valence electrons. The predicted molar refractivity (Wildman–Crippen MR) is 202 cm³/mol. The highest BCUT2D eigenvalue weighted by molar-refractivity contribution is 4.84. The molecule has 1 heterocycles. The minimum atomic E-state index is 1.23. The fourth-order valence-electron chi connectivity index (χ4n) is 7.21. The lowest BCUT2D eigenvalue weighted by Crippen LogP contribution is -2.37. The third-order valence-electron chi connectivity index (χ3n) is 10.3. The van der Waals surface area contributed by atoms with Crippen molar-refractivity contribution >= 4 is 0 Å². The van der Waals surface area contributed by atoms with Gasteiger partial charge in [-0.05, 0) is 32.1 Å². The van der Waals surface area contributed by atoms with Crippen LogP contribution >= 0.6 is 0 Å². The summed E-state index contributed by atoms with van der Waals surface area (Å²) in [7, 11) is 0. The van der Waals surface area contributed by atoms with Crippen molar-refractivity contribution < 1.29 is 4.57 Å². The van der Waals surface area contributed by atoms with Gasteiger partial charge in [-0.2, -0.15) is 0 Å². The summed E-state index contributed by atoms with van der Waals surface area (Å²) in [6, 6.07) is 0. The molecule has 0 radical (unpaired) electrons. The van der Waals surface area contributed by atoms with Gasteiger partial charge in [-0.1, -0.05) is 207 Å². The van der Waals surface area contributed by atoms with E-state index >= 15 is 0 Å². The second-order valence-corrected chi connectivity index (χ2v) is 14.8. The SMILES string of the molecule is CCCCCCCCCCCCCCCCCc1n(CCCCCCCCCCC)cc[n+]1CCCCCCCCCCCC. The van der Waals surface area contributed by atoms with Gasteiger partial charge < -0.3 is 0 Å². The Labute approximate surface area is 285 Å². The van der Waals surface area contributed by atoms with Gasteiger partial charge in [-0.25, -0.2) is 9.13 Å². The monoisotopic (exact) mass is 630 g/mol. The topological polar surface area (TPSA) is 8.81 Å². The Morgan fingerprint density at radius 2 is 0.689 bits per heavy atom. The van der Waals surface area contributed by atoms with Crippen molar-refractivity contribution in [1.29, 1.82) is 0 Å². The van der Waals surface area contributed by atoms with Gasteiger partial charge in [0.1, 0.15) is 12.4 Å². The van der Waals surface area contributed by atoms with Crippen LogP contribution in [0.2, 0.25) is 0 Å². The number of rotatable bonds is 37. The zero-order valence-electron chi connectivity index (χ0n) is 31.7. The van der Waals surface area contributed by atoms with Crippen LogP contribution in [0.1, 0.15) is 245 Å². The van der Waals surface area contributed by atoms with Gasteiger partial charge in [0.2, 0.25) is 0 Å². The molecule has 45 heavy (non-hydrogen) atoms. The van der Waals surface area contributed by atoms with E-state index in [4.69, 9.17) is 0 Å². The quantitative estimate of drug-likeness (QED) is 0.0511. The van der Waals surface area contributed by atoms with Crippen LogP contribution in [0.25, 0.3) is 0 Å². The van der Waals surface area contributed by atoms with E-state index in [1.807, 2.05) is 0 Å². The third kappa shape index (κ3) is 26.9. The van der Waals surface area contributed by atoms with Crippen molar-refractivity contribution in [3.63, 3.8) is 0 Å². The largest absolute Gasteiger partial charge is 0.256 e. The Morgan fingerprint density at radius 1 is 0.378 bits per heavy atom. The molecule has 1 rings (SSSR count). The number of unbranched alkanes of at least 4 members (excludes halogenated alkanes) is 31. The van der Waals surface area contributed by atoms with Gasteiger partial charge in [0.15, 0.2) is 0 Å². The Morgan fingerprint density at radius 3 is 1.07 bits per heavy atom. The van der Waals surface area contributed by atoms with Gasteiger partial charge in [0.05, 0.1) is 13.1 Å². The first kappa shape index (κ1) is 42.2. The van der Waals surface area contributed by atoms with Crippen molar-refractivity contribution in [2.45, 2.75) is 259 Å². The maximum absolute atomic E-state index is 2.64. The number of nitrogens with zero attached hydrogens (tertiary/aromatic N) is 2. The van der Waals surface area contributed by atoms with Gasteiger partial charge in [0.25, 0.3) is 5.82 Å². The number of hydrogen-bond acceptors (Lipinski definition) is 0. The third-order valence-corrected chi connectivity index (χ3v) is 10.3. The van der Waals surface area contributed by atoms with Crippen LogP contribution < -0.4 is 4.57 Å². The predicted octanol–water partition coefficient (Wildman–Crippen LogP) is 14.6. The molecule has 1 aromatic rings. The van der Waals surface area contributed by atoms with Crippen molar-refractivity contribution in [2.24, 2.45) is 0 Å². The highest BCUT2D eigenvalue weighted by Crippen LogP contribution is 2.16. The number of hydrogen-bond donors (Lipinski definition) is 0. The lowest BCUT2D eigenvalue weighted by atomic mass is 10.0. The molecule has 2 heteroatoms. The molecule has 0 saturated carbocycles. The summed E-state index contributed by atoms with van der Waals surface area (Å²) in [6.07, 6.45) is 54.9. The highest BCUT2D eigenvalue weighted by atomic mass is 15.1. The Kier molecular flexibility index (Phi) is 32.4. The molecule has 0 bridgehead atoms. The molecule has 1 aromatic heterocycles. The molecule has 0 unspecified atom stereocenters. The fourth-order valence-corrected chi connectivity index (χ4v) is 7.21. The van der Waals surface area contributed by atoms with E-state index in [2.05, 4.69) is 42.3 Å². The minimum absolute atomic E-state index is 1.23. The minimum Gasteiger partial charge on any atom is -0.234 e. The molecule has 0 fully saturated rings. The molecule has 0 spiro atoms. The second kappa shape index (κ2) is 34.5. The van der Waals surface area contributed by atoms with Crippen molar-refractivity contribution in [2.75, 3.05) is 0 Å². The summed E-state index contributed by atoms with van der Waals surface area (Å²) >= 11 is 0. The molecular weight excluding hydrogens is 544 g/mol. The number of aromatic nitrogens is 2. The van der Waals surface area contributed by atoms with Gasteiger partial charge in [0, 0.05) is 6.42 Å². The van der Waals surface area contributed by atoms with Crippen LogP contribution in [0.15, 0.2) is 12.4 Å². The van der Waals surface area contributed by atoms with Crippen LogP contribution in [-0.2, 0) is 19.5 Å². The van der Waals surface area contributed by atoms with Crippen molar-refractivity contribution in [3.05, 3.63) is 18.2 Å². The first-order valence-electron chi connectivity index (χ1n) is 21.4. The normalized spacial score (nSPS) is 11.6. The second-order valence-electron chi connectivity index (χ2n) is 14.8. The molecule has 0 atom stereocenters. The maximum atomic E-state index is 2.64. The standard InChI is InChI=1S/C43H85N2/c1-4-7-10-13-16-19-21-22-23-24-25-26-29-32-35-38-43-44(39-36-33-30-27-18-15-12-9-6-3)41-42-45(43)40-37-34-31-28-20-17-14-11-8-5-2/h41-42H,4-40H2,1-3H3/q+1. The summed E-state index contributed by atoms with van der Waals surface area (Å²) in [4.78, 5) is 0. The Balaban J connectivity index is 2.27. The van der Waals surface area contributed by atoms with Crippen LogP contribution in [0, 0.1) is 0 Å². The average Bonchev–Trinajstić information content (AvgIpc) is 3.43. The number of imidazole rings is 1. The molecule has 0 aliphatic carbocycles. The van der Waals surface area contributed by atoms with E-state index in [0.29, 0.717) is 0 Å². The van der Waals surface area contributed by atoms with E-state index in [1.165, 1.54) is 238 Å². The zero-order chi connectivity index (χ0) is 32.3. The molecule has 0 aliphatic heterocycles. The first-order valence-corrected chi connectivity index (χ1v) is 21.4. The highest BCUT2D eigenvalue weighted by Gasteiger charge is 2.16.